The van der Waals surface area contributed by atoms with Crippen molar-refractivity contribution in [1.82, 2.24) is 18.7 Å². The first kappa shape index (κ1) is 25.7. The number of hydrogen-bond donors (Lipinski definition) is 1. The van der Waals surface area contributed by atoms with Crippen LogP contribution in [0, 0.1) is 6.92 Å². The average Bonchev–Trinajstić information content (AvgIpc) is 3.31. The molecule has 1 aromatic carbocycles. The molecular formula is C27H26N6O3S2. The first-order valence-corrected chi connectivity index (χ1v) is 13.4. The molecule has 1 saturated heterocycles. The maximum atomic E-state index is 13.7. The Balaban J connectivity index is 1.60. The van der Waals surface area contributed by atoms with Gasteiger partial charge in [0.25, 0.3) is 17.0 Å². The topological polar surface area (TPSA) is 93.6 Å². The molecule has 5 rings (SSSR count). The second-order valence-electron chi connectivity index (χ2n) is 8.82. The first-order chi connectivity index (χ1) is 18.3. The molecular weight excluding hydrogens is 520 g/mol. The fourth-order valence-electron chi connectivity index (χ4n) is 4.35. The molecule has 0 saturated carbocycles. The van der Waals surface area contributed by atoms with Gasteiger partial charge in [0.05, 0.1) is 21.8 Å². The van der Waals surface area contributed by atoms with E-state index < -0.39 is 5.91 Å². The van der Waals surface area contributed by atoms with Gasteiger partial charge < -0.3 is 5.32 Å². The third-order valence-electron chi connectivity index (χ3n) is 6.41. The Hall–Kier alpha value is -3.96. The lowest BCUT2D eigenvalue weighted by atomic mass is 10.2. The minimum absolute atomic E-state index is 0.192. The zero-order chi connectivity index (χ0) is 27.0. The zero-order valence-corrected chi connectivity index (χ0v) is 22.8. The summed E-state index contributed by atoms with van der Waals surface area (Å²) in [6, 6.07) is 14.5. The van der Waals surface area contributed by atoms with Crippen LogP contribution in [-0.4, -0.2) is 35.5 Å². The van der Waals surface area contributed by atoms with Gasteiger partial charge in [0.15, 0.2) is 4.32 Å². The summed E-state index contributed by atoms with van der Waals surface area (Å²) < 4.78 is 4.87. The highest BCUT2D eigenvalue weighted by Crippen LogP contribution is 2.36. The van der Waals surface area contributed by atoms with Gasteiger partial charge >= 0.3 is 0 Å². The van der Waals surface area contributed by atoms with Gasteiger partial charge in [-0.3, -0.25) is 28.4 Å². The van der Waals surface area contributed by atoms with Crippen LogP contribution in [0.25, 0.3) is 17.4 Å². The van der Waals surface area contributed by atoms with Gasteiger partial charge in [-0.1, -0.05) is 61.6 Å². The molecule has 1 fully saturated rings. The van der Waals surface area contributed by atoms with Crippen LogP contribution in [0.3, 0.4) is 0 Å². The van der Waals surface area contributed by atoms with Crippen LogP contribution >= 0.6 is 24.0 Å². The molecule has 1 aliphatic heterocycles. The normalized spacial score (nSPS) is 14.7. The lowest BCUT2D eigenvalue weighted by molar-refractivity contribution is -0.113. The van der Waals surface area contributed by atoms with Gasteiger partial charge in [-0.15, -0.1) is 0 Å². The Kier molecular flexibility index (Phi) is 7.04. The van der Waals surface area contributed by atoms with Crippen LogP contribution in [0.15, 0.2) is 69.2 Å². The van der Waals surface area contributed by atoms with Gasteiger partial charge in [-0.25, -0.2) is 9.67 Å². The van der Waals surface area contributed by atoms with E-state index in [1.165, 1.54) is 20.1 Å². The van der Waals surface area contributed by atoms with Crippen LogP contribution in [-0.2, 0) is 11.8 Å². The van der Waals surface area contributed by atoms with Crippen molar-refractivity contribution in [3.8, 4) is 5.69 Å². The molecule has 0 atom stereocenters. The number of fused-ring (bicyclic) bond motifs is 1. The first-order valence-electron chi connectivity index (χ1n) is 12.2. The molecule has 1 aliphatic rings. The summed E-state index contributed by atoms with van der Waals surface area (Å²) >= 11 is 6.62. The standard InChI is InChI=1S/C27H26N6O3S2/c1-4-5-14-28-23-19(24(34)31-15-10-9-13-21(31)29-23)16-20-25(35)32(27(37)38-20)22-17(2)30(3)33(26(22)36)18-11-7-6-8-12-18/h6-13,15-16,28H,4-5,14H2,1-3H3/b20-16+. The highest BCUT2D eigenvalue weighted by Gasteiger charge is 2.38. The molecule has 4 aromatic rings. The van der Waals surface area contributed by atoms with E-state index in [0.717, 1.165) is 24.6 Å². The quantitative estimate of drug-likeness (QED) is 0.212. The van der Waals surface area contributed by atoms with Gasteiger partial charge in [-0.2, -0.15) is 0 Å². The predicted molar refractivity (Wildman–Crippen MR) is 156 cm³/mol. The molecule has 0 bridgehead atoms. The van der Waals surface area contributed by atoms with E-state index in [9.17, 15) is 14.4 Å². The number of para-hydroxylation sites is 1. The van der Waals surface area contributed by atoms with Crippen molar-refractivity contribution in [2.45, 2.75) is 26.7 Å². The van der Waals surface area contributed by atoms with Crippen molar-refractivity contribution < 1.29 is 4.79 Å². The number of thiocarbonyl (C=S) groups is 1. The Morgan fingerprint density at radius 1 is 1.05 bits per heavy atom. The summed E-state index contributed by atoms with van der Waals surface area (Å²) in [5.74, 6) is -0.0506. The van der Waals surface area contributed by atoms with E-state index in [1.807, 2.05) is 36.4 Å². The number of nitrogens with zero attached hydrogens (tertiary/aromatic N) is 5. The molecule has 194 valence electrons. The van der Waals surface area contributed by atoms with E-state index in [2.05, 4.69) is 17.2 Å². The molecule has 9 nitrogen and oxygen atoms in total. The number of anilines is 2. The number of thioether (sulfide) groups is 1. The Morgan fingerprint density at radius 3 is 2.53 bits per heavy atom. The lowest BCUT2D eigenvalue weighted by Crippen LogP contribution is -2.33. The number of aromatic nitrogens is 4. The third-order valence-corrected chi connectivity index (χ3v) is 7.71. The second kappa shape index (κ2) is 10.4. The number of rotatable bonds is 7. The van der Waals surface area contributed by atoms with Crippen LogP contribution in [0.5, 0.6) is 0 Å². The largest absolute Gasteiger partial charge is 0.369 e. The Labute approximate surface area is 228 Å². The summed E-state index contributed by atoms with van der Waals surface area (Å²) in [5.41, 5.74) is 1.56. The maximum Gasteiger partial charge on any atom is 0.296 e. The number of benzene rings is 1. The van der Waals surface area contributed by atoms with Crippen molar-refractivity contribution in [2.75, 3.05) is 16.8 Å². The minimum atomic E-state index is -0.455. The number of nitrogens with one attached hydrogen (secondary N) is 1. The fourth-order valence-corrected chi connectivity index (χ4v) is 5.61. The number of unbranched alkanes of at least 4 members (excludes halogenated alkanes) is 1. The molecule has 0 unspecified atom stereocenters. The van der Waals surface area contributed by atoms with Gasteiger partial charge in [0.1, 0.15) is 17.2 Å². The number of hydrogen-bond acceptors (Lipinski definition) is 7. The number of pyridine rings is 1. The fraction of sp³-hybridized carbons (Fsp3) is 0.222. The van der Waals surface area contributed by atoms with Gasteiger partial charge in [0.2, 0.25) is 0 Å². The van der Waals surface area contributed by atoms with Crippen LogP contribution in [0.1, 0.15) is 31.0 Å². The molecule has 1 amide bonds. The summed E-state index contributed by atoms with van der Waals surface area (Å²) in [7, 11) is 1.76. The molecule has 0 spiro atoms. The molecule has 11 heteroatoms. The SMILES string of the molecule is CCCCNc1nc2ccccn2c(=O)c1/C=C1/SC(=S)N(c2c(C)n(C)n(-c3ccccc3)c2=O)C1=O. The highest BCUT2D eigenvalue weighted by molar-refractivity contribution is 8.27. The third kappa shape index (κ3) is 4.37. The van der Waals surface area contributed by atoms with E-state index in [4.69, 9.17) is 12.2 Å². The Bertz CT molecular complexity index is 1720. The minimum Gasteiger partial charge on any atom is -0.369 e. The molecule has 3 aromatic heterocycles. The monoisotopic (exact) mass is 546 g/mol. The number of carbonyl (C=O) groups is 1. The van der Waals surface area contributed by atoms with Gasteiger partial charge in [-0.05, 0) is 43.7 Å². The van der Waals surface area contributed by atoms with Gasteiger partial charge in [0, 0.05) is 19.8 Å². The molecule has 1 N–H and O–H groups in total. The summed E-state index contributed by atoms with van der Waals surface area (Å²) in [6.45, 7) is 4.48. The van der Waals surface area contributed by atoms with Crippen molar-refractivity contribution in [3.05, 3.63) is 91.6 Å². The van der Waals surface area contributed by atoms with E-state index >= 15 is 0 Å². The molecule has 0 radical (unpaired) electrons. The van der Waals surface area contributed by atoms with Crippen LogP contribution < -0.4 is 21.3 Å². The second-order valence-corrected chi connectivity index (χ2v) is 10.5. The average molecular weight is 547 g/mol. The van der Waals surface area contributed by atoms with Crippen molar-refractivity contribution in [2.24, 2.45) is 7.05 Å². The highest BCUT2D eigenvalue weighted by atomic mass is 32.2. The smallest absolute Gasteiger partial charge is 0.296 e. The summed E-state index contributed by atoms with van der Waals surface area (Å²) in [5, 5.41) is 3.24. The van der Waals surface area contributed by atoms with Crippen molar-refractivity contribution >= 4 is 57.4 Å². The zero-order valence-electron chi connectivity index (χ0n) is 21.2. The van der Waals surface area contributed by atoms with Crippen LogP contribution in [0.2, 0.25) is 0 Å². The number of amides is 1. The van der Waals surface area contributed by atoms with E-state index in [0.29, 0.717) is 29.4 Å². The maximum absolute atomic E-state index is 13.7. The Morgan fingerprint density at radius 2 is 1.79 bits per heavy atom. The van der Waals surface area contributed by atoms with Crippen molar-refractivity contribution in [3.63, 3.8) is 0 Å². The van der Waals surface area contributed by atoms with Crippen molar-refractivity contribution in [1.29, 1.82) is 0 Å². The summed E-state index contributed by atoms with van der Waals surface area (Å²) in [6.07, 6.45) is 5.04. The summed E-state index contributed by atoms with van der Waals surface area (Å²) in [4.78, 5) is 46.8. The lowest BCUT2D eigenvalue weighted by Gasteiger charge is -2.12. The van der Waals surface area contributed by atoms with E-state index in [-0.39, 0.29) is 31.6 Å². The molecule has 38 heavy (non-hydrogen) atoms. The van der Waals surface area contributed by atoms with E-state index in [1.54, 1.807) is 37.0 Å². The predicted octanol–water partition coefficient (Wildman–Crippen LogP) is 4.11. The number of carbonyl (C=O) groups excluding carboxylic acids is 1. The van der Waals surface area contributed by atoms with Crippen LogP contribution in [0.4, 0.5) is 11.5 Å². The molecule has 4 heterocycles. The molecule has 0 aliphatic carbocycles.